The zero-order chi connectivity index (χ0) is 13.5. The molecular weight excluding hydrogens is 250 g/mol. The highest BCUT2D eigenvalue weighted by Crippen LogP contribution is 2.17. The van der Waals surface area contributed by atoms with Crippen molar-refractivity contribution in [3.63, 3.8) is 0 Å². The summed E-state index contributed by atoms with van der Waals surface area (Å²) in [7, 11) is 1.80. The number of amides is 1. The molecule has 0 saturated carbocycles. The molecule has 0 spiro atoms. The number of benzene rings is 1. The molecule has 1 amide bonds. The number of carbonyl (C=O) groups excluding carboxylic acids is 1. The Morgan fingerprint density at radius 3 is 2.67 bits per heavy atom. The fourth-order valence-electron chi connectivity index (χ4n) is 1.45. The van der Waals surface area contributed by atoms with Gasteiger partial charge < -0.3 is 16.2 Å². The number of nitrogens with two attached hydrogens (primary N) is 2. The van der Waals surface area contributed by atoms with Crippen LogP contribution in [0.3, 0.4) is 0 Å². The van der Waals surface area contributed by atoms with Crippen molar-refractivity contribution in [3.8, 4) is 5.75 Å². The average Bonchev–Trinajstić information content (AvgIpc) is 2.28. The summed E-state index contributed by atoms with van der Waals surface area (Å²) in [6.07, 6.45) is 0. The SMILES string of the molecule is CN(CCOc1ccccc1C(N)=S)CC(N)=O. The van der Waals surface area contributed by atoms with E-state index >= 15 is 0 Å². The predicted molar refractivity (Wildman–Crippen MR) is 74.5 cm³/mol. The molecule has 0 aliphatic heterocycles. The van der Waals surface area contributed by atoms with Gasteiger partial charge in [0.25, 0.3) is 0 Å². The molecule has 1 aromatic carbocycles. The monoisotopic (exact) mass is 267 g/mol. The van der Waals surface area contributed by atoms with Crippen molar-refractivity contribution in [2.24, 2.45) is 11.5 Å². The van der Waals surface area contributed by atoms with E-state index in [1.54, 1.807) is 11.9 Å². The van der Waals surface area contributed by atoms with E-state index in [1.165, 1.54) is 0 Å². The largest absolute Gasteiger partial charge is 0.492 e. The molecule has 6 heteroatoms. The number of nitrogens with zero attached hydrogens (tertiary/aromatic N) is 1. The minimum absolute atomic E-state index is 0.209. The fraction of sp³-hybridized carbons (Fsp3) is 0.333. The summed E-state index contributed by atoms with van der Waals surface area (Å²) in [4.78, 5) is 12.8. The van der Waals surface area contributed by atoms with E-state index in [1.807, 2.05) is 24.3 Å². The predicted octanol–water partition coefficient (Wildman–Crippen LogP) is 0.117. The number of rotatable bonds is 7. The lowest BCUT2D eigenvalue weighted by molar-refractivity contribution is -0.118. The van der Waals surface area contributed by atoms with Crippen LogP contribution in [0.1, 0.15) is 5.56 Å². The van der Waals surface area contributed by atoms with E-state index in [2.05, 4.69) is 0 Å². The summed E-state index contributed by atoms with van der Waals surface area (Å²) in [5.41, 5.74) is 11.4. The van der Waals surface area contributed by atoms with Crippen molar-refractivity contribution >= 4 is 23.1 Å². The highest BCUT2D eigenvalue weighted by Gasteiger charge is 2.06. The van der Waals surface area contributed by atoms with Crippen LogP contribution >= 0.6 is 12.2 Å². The summed E-state index contributed by atoms with van der Waals surface area (Å²) in [5, 5.41) is 0. The second-order valence-electron chi connectivity index (χ2n) is 3.91. The number of para-hydroxylation sites is 1. The summed E-state index contributed by atoms with van der Waals surface area (Å²) in [6, 6.07) is 7.32. The van der Waals surface area contributed by atoms with Crippen molar-refractivity contribution < 1.29 is 9.53 Å². The standard InChI is InChI=1S/C12H17N3O2S/c1-15(8-11(13)16)6-7-17-10-5-3-2-4-9(10)12(14)18/h2-5H,6-8H2,1H3,(H2,13,16)(H2,14,18). The molecule has 98 valence electrons. The Labute approximate surface area is 112 Å². The molecule has 0 aliphatic carbocycles. The van der Waals surface area contributed by atoms with Gasteiger partial charge in [0.1, 0.15) is 17.3 Å². The second-order valence-corrected chi connectivity index (χ2v) is 4.35. The lowest BCUT2D eigenvalue weighted by Gasteiger charge is -2.16. The van der Waals surface area contributed by atoms with Gasteiger partial charge >= 0.3 is 0 Å². The molecule has 0 aliphatic rings. The molecule has 4 N–H and O–H groups in total. The number of carbonyl (C=O) groups is 1. The van der Waals surface area contributed by atoms with Crippen molar-refractivity contribution in [3.05, 3.63) is 29.8 Å². The Hall–Kier alpha value is -1.66. The number of primary amides is 1. The van der Waals surface area contributed by atoms with E-state index in [0.717, 1.165) is 0 Å². The third kappa shape index (κ3) is 4.68. The van der Waals surface area contributed by atoms with Gasteiger partial charge in [-0.25, -0.2) is 0 Å². The van der Waals surface area contributed by atoms with Gasteiger partial charge in [-0.15, -0.1) is 0 Å². The van der Waals surface area contributed by atoms with E-state index < -0.39 is 0 Å². The molecule has 18 heavy (non-hydrogen) atoms. The van der Waals surface area contributed by atoms with Gasteiger partial charge in [-0.2, -0.15) is 0 Å². The first-order valence-electron chi connectivity index (χ1n) is 5.49. The number of thiocarbonyl (C=S) groups is 1. The lowest BCUT2D eigenvalue weighted by Crippen LogP contribution is -2.33. The maximum absolute atomic E-state index is 10.7. The summed E-state index contributed by atoms with van der Waals surface area (Å²) < 4.78 is 5.59. The van der Waals surface area contributed by atoms with E-state index in [4.69, 9.17) is 28.4 Å². The molecule has 0 heterocycles. The van der Waals surface area contributed by atoms with Crippen molar-refractivity contribution in [2.75, 3.05) is 26.7 Å². The second kappa shape index (κ2) is 6.93. The maximum atomic E-state index is 10.7. The Bertz CT molecular complexity index is 437. The maximum Gasteiger partial charge on any atom is 0.231 e. The summed E-state index contributed by atoms with van der Waals surface area (Å²) >= 11 is 4.93. The van der Waals surface area contributed by atoms with E-state index in [-0.39, 0.29) is 12.5 Å². The van der Waals surface area contributed by atoms with Crippen molar-refractivity contribution in [1.82, 2.24) is 4.90 Å². The zero-order valence-corrected chi connectivity index (χ0v) is 11.1. The molecule has 0 unspecified atom stereocenters. The minimum Gasteiger partial charge on any atom is -0.492 e. The first-order valence-corrected chi connectivity index (χ1v) is 5.90. The van der Waals surface area contributed by atoms with Gasteiger partial charge in [0.15, 0.2) is 0 Å². The van der Waals surface area contributed by atoms with Crippen LogP contribution in [-0.2, 0) is 4.79 Å². The van der Waals surface area contributed by atoms with Crippen molar-refractivity contribution in [1.29, 1.82) is 0 Å². The highest BCUT2D eigenvalue weighted by molar-refractivity contribution is 7.80. The average molecular weight is 267 g/mol. The van der Waals surface area contributed by atoms with E-state index in [9.17, 15) is 4.79 Å². The molecule has 1 rings (SSSR count). The van der Waals surface area contributed by atoms with Crippen molar-refractivity contribution in [2.45, 2.75) is 0 Å². The van der Waals surface area contributed by atoms with Crippen LogP contribution in [0.4, 0.5) is 0 Å². The van der Waals surface area contributed by atoms with Gasteiger partial charge in [0.05, 0.1) is 12.1 Å². The number of likely N-dealkylation sites (N-methyl/N-ethyl adjacent to an activating group) is 1. The number of hydrogen-bond acceptors (Lipinski definition) is 4. The zero-order valence-electron chi connectivity index (χ0n) is 10.3. The third-order valence-corrected chi connectivity index (χ3v) is 2.53. The first-order chi connectivity index (χ1) is 8.50. The molecule has 0 radical (unpaired) electrons. The third-order valence-electron chi connectivity index (χ3n) is 2.31. The number of hydrogen-bond donors (Lipinski definition) is 2. The Kier molecular flexibility index (Phi) is 5.54. The summed E-state index contributed by atoms with van der Waals surface area (Å²) in [5.74, 6) is 0.290. The smallest absolute Gasteiger partial charge is 0.231 e. The van der Waals surface area contributed by atoms with Crippen LogP contribution in [0, 0.1) is 0 Å². The van der Waals surface area contributed by atoms with Crippen LogP contribution in [-0.4, -0.2) is 42.5 Å². The van der Waals surface area contributed by atoms with Crippen LogP contribution in [0.15, 0.2) is 24.3 Å². The van der Waals surface area contributed by atoms with Crippen LogP contribution in [0.2, 0.25) is 0 Å². The van der Waals surface area contributed by atoms with Crippen LogP contribution < -0.4 is 16.2 Å². The molecule has 5 nitrogen and oxygen atoms in total. The van der Waals surface area contributed by atoms with E-state index in [0.29, 0.717) is 29.5 Å². The Balaban J connectivity index is 2.49. The normalized spacial score (nSPS) is 10.3. The molecular formula is C12H17N3O2S. The molecule has 1 aromatic rings. The van der Waals surface area contributed by atoms with Gasteiger partial charge in [-0.1, -0.05) is 24.4 Å². The Morgan fingerprint density at radius 2 is 2.06 bits per heavy atom. The van der Waals surface area contributed by atoms with Gasteiger partial charge in [0.2, 0.25) is 5.91 Å². The van der Waals surface area contributed by atoms with Gasteiger partial charge in [0, 0.05) is 6.54 Å². The molecule has 0 atom stereocenters. The molecule has 0 aromatic heterocycles. The highest BCUT2D eigenvalue weighted by atomic mass is 32.1. The summed E-state index contributed by atoms with van der Waals surface area (Å²) in [6.45, 7) is 1.23. The first kappa shape index (κ1) is 14.4. The molecule has 0 bridgehead atoms. The van der Waals surface area contributed by atoms with Crippen LogP contribution in [0.25, 0.3) is 0 Å². The Morgan fingerprint density at radius 1 is 1.39 bits per heavy atom. The van der Waals surface area contributed by atoms with Gasteiger partial charge in [-0.3, -0.25) is 9.69 Å². The lowest BCUT2D eigenvalue weighted by atomic mass is 10.2. The quantitative estimate of drug-likeness (QED) is 0.686. The van der Waals surface area contributed by atoms with Crippen LogP contribution in [0.5, 0.6) is 5.75 Å². The molecule has 0 saturated heterocycles. The minimum atomic E-state index is -0.360. The fourth-order valence-corrected chi connectivity index (χ4v) is 1.62. The number of ether oxygens (including phenoxy) is 1. The van der Waals surface area contributed by atoms with Gasteiger partial charge in [-0.05, 0) is 19.2 Å². The molecule has 0 fully saturated rings. The topological polar surface area (TPSA) is 81.6 Å².